The highest BCUT2D eigenvalue weighted by molar-refractivity contribution is 5.97. The first kappa shape index (κ1) is 22.7. The number of esters is 1. The number of hydrogen-bond acceptors (Lipinski definition) is 6. The predicted octanol–water partition coefficient (Wildman–Crippen LogP) is 1.65. The van der Waals surface area contributed by atoms with Crippen molar-refractivity contribution < 1.29 is 28.3 Å². The number of hydrogen-bond donors (Lipinski definition) is 3. The highest BCUT2D eigenvalue weighted by atomic mass is 16.5. The first-order valence-corrected chi connectivity index (χ1v) is 9.47. The van der Waals surface area contributed by atoms with Gasteiger partial charge in [0.25, 0.3) is 11.8 Å². The van der Waals surface area contributed by atoms with E-state index in [1.165, 1.54) is 12.3 Å². The summed E-state index contributed by atoms with van der Waals surface area (Å²) in [6.45, 7) is 3.56. The smallest absolute Gasteiger partial charge is 0.329 e. The van der Waals surface area contributed by atoms with Crippen molar-refractivity contribution in [3.8, 4) is 0 Å². The molecule has 1 heterocycles. The van der Waals surface area contributed by atoms with Crippen LogP contribution in [0.15, 0.2) is 53.1 Å². The van der Waals surface area contributed by atoms with Crippen LogP contribution in [0.5, 0.6) is 0 Å². The van der Waals surface area contributed by atoms with Gasteiger partial charge in [0.05, 0.1) is 6.26 Å². The van der Waals surface area contributed by atoms with Crippen LogP contribution in [0.2, 0.25) is 0 Å². The van der Waals surface area contributed by atoms with Crippen LogP contribution in [-0.2, 0) is 20.7 Å². The van der Waals surface area contributed by atoms with Gasteiger partial charge in [-0.15, -0.1) is 0 Å². The Morgan fingerprint density at radius 1 is 1.03 bits per heavy atom. The highest BCUT2D eigenvalue weighted by Gasteiger charge is 2.25. The molecule has 160 valence electrons. The second-order valence-electron chi connectivity index (χ2n) is 6.95. The van der Waals surface area contributed by atoms with Crippen molar-refractivity contribution in [2.24, 2.45) is 5.92 Å². The molecule has 0 saturated heterocycles. The number of nitrogens with one attached hydrogen (secondary N) is 3. The number of carbonyl (C=O) groups is 4. The number of benzene rings is 1. The van der Waals surface area contributed by atoms with Gasteiger partial charge in [-0.2, -0.15) is 0 Å². The Morgan fingerprint density at radius 2 is 1.77 bits per heavy atom. The van der Waals surface area contributed by atoms with Crippen molar-refractivity contribution in [1.29, 1.82) is 0 Å². The molecule has 4 amide bonds. The van der Waals surface area contributed by atoms with Crippen molar-refractivity contribution in [3.63, 3.8) is 0 Å². The highest BCUT2D eigenvalue weighted by Crippen LogP contribution is 2.07. The molecule has 0 bridgehead atoms. The van der Waals surface area contributed by atoms with E-state index in [0.29, 0.717) is 6.54 Å². The third-order valence-electron chi connectivity index (χ3n) is 3.89. The molecule has 0 aliphatic rings. The molecule has 2 rings (SSSR count). The van der Waals surface area contributed by atoms with Crippen LogP contribution in [0.3, 0.4) is 0 Å². The summed E-state index contributed by atoms with van der Waals surface area (Å²) in [6, 6.07) is 10.3. The van der Waals surface area contributed by atoms with E-state index >= 15 is 0 Å². The maximum Gasteiger partial charge on any atom is 0.329 e. The fourth-order valence-electron chi connectivity index (χ4n) is 2.42. The first-order chi connectivity index (χ1) is 14.3. The standard InChI is InChI=1S/C21H25N3O6/c1-14(2)12-22-21(28)24-18(25)13-30-20(27)16(11-15-7-4-3-5-8-15)23-19(26)17-9-6-10-29-17/h3-10,14,16H,11-13H2,1-2H3,(H,23,26)(H2,22,24,25,28)/t16-/m0/s1. The average molecular weight is 415 g/mol. The number of carbonyl (C=O) groups excluding carboxylic acids is 4. The van der Waals surface area contributed by atoms with Crippen molar-refractivity contribution in [2.45, 2.75) is 26.3 Å². The van der Waals surface area contributed by atoms with Crippen molar-refractivity contribution in [3.05, 3.63) is 60.1 Å². The van der Waals surface area contributed by atoms with Gasteiger partial charge in [0, 0.05) is 13.0 Å². The predicted molar refractivity (Wildman–Crippen MR) is 107 cm³/mol. The zero-order chi connectivity index (χ0) is 21.9. The summed E-state index contributed by atoms with van der Waals surface area (Å²) in [4.78, 5) is 48.2. The Bertz CT molecular complexity index is 849. The summed E-state index contributed by atoms with van der Waals surface area (Å²) in [6.07, 6.45) is 1.50. The molecule has 1 aromatic carbocycles. The zero-order valence-corrected chi connectivity index (χ0v) is 16.8. The third kappa shape index (κ3) is 7.78. The number of amides is 4. The lowest BCUT2D eigenvalue weighted by Crippen LogP contribution is -2.46. The Labute approximate surface area is 174 Å². The Balaban J connectivity index is 1.93. The van der Waals surface area contributed by atoms with Gasteiger partial charge in [-0.25, -0.2) is 9.59 Å². The number of furan rings is 1. The van der Waals surface area contributed by atoms with E-state index in [1.807, 2.05) is 19.9 Å². The van der Waals surface area contributed by atoms with Gasteiger partial charge < -0.3 is 19.8 Å². The van der Waals surface area contributed by atoms with Crippen LogP contribution >= 0.6 is 0 Å². The van der Waals surface area contributed by atoms with Crippen molar-refractivity contribution >= 4 is 23.8 Å². The quantitative estimate of drug-likeness (QED) is 0.535. The van der Waals surface area contributed by atoms with Crippen LogP contribution in [0.1, 0.15) is 30.0 Å². The summed E-state index contributed by atoms with van der Waals surface area (Å²) < 4.78 is 10.0. The maximum atomic E-state index is 12.5. The van der Waals surface area contributed by atoms with E-state index in [0.717, 1.165) is 5.56 Å². The number of imide groups is 1. The molecule has 1 aromatic heterocycles. The normalized spacial score (nSPS) is 11.4. The molecule has 3 N–H and O–H groups in total. The molecule has 0 saturated carbocycles. The van der Waals surface area contributed by atoms with E-state index in [1.54, 1.807) is 30.3 Å². The topological polar surface area (TPSA) is 127 Å². The van der Waals surface area contributed by atoms with E-state index in [4.69, 9.17) is 9.15 Å². The molecule has 9 heteroatoms. The molecule has 0 aliphatic heterocycles. The molecule has 0 radical (unpaired) electrons. The van der Waals surface area contributed by atoms with Crippen molar-refractivity contribution in [2.75, 3.05) is 13.2 Å². The second-order valence-corrected chi connectivity index (χ2v) is 6.95. The van der Waals surface area contributed by atoms with Gasteiger partial charge >= 0.3 is 12.0 Å². The van der Waals surface area contributed by atoms with Gasteiger partial charge in [0.2, 0.25) is 0 Å². The van der Waals surface area contributed by atoms with Crippen LogP contribution < -0.4 is 16.0 Å². The minimum absolute atomic E-state index is 0.0421. The van der Waals surface area contributed by atoms with Gasteiger partial charge in [-0.3, -0.25) is 14.9 Å². The van der Waals surface area contributed by atoms with E-state index in [9.17, 15) is 19.2 Å². The number of urea groups is 1. The fraction of sp³-hybridized carbons (Fsp3) is 0.333. The summed E-state index contributed by atoms with van der Waals surface area (Å²) in [5, 5.41) is 7.14. The van der Waals surface area contributed by atoms with Crippen molar-refractivity contribution in [1.82, 2.24) is 16.0 Å². The number of rotatable bonds is 9. The van der Waals surface area contributed by atoms with Gasteiger partial charge in [-0.05, 0) is 23.6 Å². The average Bonchev–Trinajstić information content (AvgIpc) is 3.26. The maximum absolute atomic E-state index is 12.5. The molecule has 30 heavy (non-hydrogen) atoms. The molecular formula is C21H25N3O6. The zero-order valence-electron chi connectivity index (χ0n) is 16.8. The summed E-state index contributed by atoms with van der Waals surface area (Å²) in [7, 11) is 0. The number of ether oxygens (including phenoxy) is 1. The fourth-order valence-corrected chi connectivity index (χ4v) is 2.42. The van der Waals surface area contributed by atoms with Crippen LogP contribution in [0, 0.1) is 5.92 Å². The third-order valence-corrected chi connectivity index (χ3v) is 3.89. The molecule has 2 aromatic rings. The Morgan fingerprint density at radius 3 is 2.40 bits per heavy atom. The second kappa shape index (κ2) is 11.4. The van der Waals surface area contributed by atoms with E-state index in [2.05, 4.69) is 16.0 Å². The lowest BCUT2D eigenvalue weighted by Gasteiger charge is -2.17. The summed E-state index contributed by atoms with van der Waals surface area (Å²) in [5.41, 5.74) is 0.789. The van der Waals surface area contributed by atoms with Gasteiger partial charge in [-0.1, -0.05) is 44.2 Å². The van der Waals surface area contributed by atoms with Crippen LogP contribution in [-0.4, -0.2) is 43.0 Å². The first-order valence-electron chi connectivity index (χ1n) is 9.47. The van der Waals surface area contributed by atoms with E-state index < -0.39 is 36.5 Å². The molecule has 0 aliphatic carbocycles. The SMILES string of the molecule is CC(C)CNC(=O)NC(=O)COC(=O)[C@H](Cc1ccccc1)NC(=O)c1ccco1. The minimum atomic E-state index is -1.05. The largest absolute Gasteiger partial charge is 0.459 e. The molecule has 0 spiro atoms. The molecule has 1 atom stereocenters. The minimum Gasteiger partial charge on any atom is -0.459 e. The lowest BCUT2D eigenvalue weighted by molar-refractivity contribution is -0.150. The molecule has 9 nitrogen and oxygen atoms in total. The lowest BCUT2D eigenvalue weighted by atomic mass is 10.1. The Hall–Kier alpha value is -3.62. The Kier molecular flexibility index (Phi) is 8.61. The van der Waals surface area contributed by atoms with Crippen LogP contribution in [0.4, 0.5) is 4.79 Å². The van der Waals surface area contributed by atoms with Gasteiger partial charge in [0.15, 0.2) is 12.4 Å². The molecule has 0 unspecified atom stereocenters. The van der Waals surface area contributed by atoms with E-state index in [-0.39, 0.29) is 18.1 Å². The van der Waals surface area contributed by atoms with Gasteiger partial charge in [0.1, 0.15) is 6.04 Å². The molecular weight excluding hydrogens is 390 g/mol. The molecule has 0 fully saturated rings. The summed E-state index contributed by atoms with van der Waals surface area (Å²) >= 11 is 0. The van der Waals surface area contributed by atoms with Crippen LogP contribution in [0.25, 0.3) is 0 Å². The monoisotopic (exact) mass is 415 g/mol. The summed E-state index contributed by atoms with van der Waals surface area (Å²) in [5.74, 6) is -1.91.